The lowest BCUT2D eigenvalue weighted by molar-refractivity contribution is -0.146. The molecule has 1 aliphatic rings. The van der Waals surface area contributed by atoms with E-state index in [1.165, 1.54) is 41.4 Å². The second-order valence-corrected chi connectivity index (χ2v) is 10.4. The van der Waals surface area contributed by atoms with E-state index in [2.05, 4.69) is 22.1 Å². The van der Waals surface area contributed by atoms with E-state index in [9.17, 15) is 18.8 Å². The van der Waals surface area contributed by atoms with Gasteiger partial charge < -0.3 is 30.2 Å². The van der Waals surface area contributed by atoms with Crippen molar-refractivity contribution < 1.29 is 33.0 Å². The van der Waals surface area contributed by atoms with Crippen molar-refractivity contribution in [1.82, 2.24) is 10.3 Å². The molecule has 10 nitrogen and oxygen atoms in total. The van der Waals surface area contributed by atoms with Gasteiger partial charge in [-0.15, -0.1) is 0 Å². The second kappa shape index (κ2) is 12.7. The molecular weight excluding hydrogens is 543 g/mol. The standard InChI is InChI=1S/C31H31FN4O6/c1-19(33)30(39)41-18-31(2,3)13-11-20-5-10-27-26(15-20)36(4)29(38)25(17-40-27)35-28(37)24-16-23(12-14-34-24)42-22-8-6-21(32)7-9-22/h5-10,12,14-16,19,25H,17-18,33H2,1-4H3,(H,35,37)/t19-,25-/m0/s1. The molecule has 218 valence electrons. The number of ether oxygens (including phenoxy) is 3. The molecule has 0 aliphatic carbocycles. The number of hydrogen-bond donors (Lipinski definition) is 2. The highest BCUT2D eigenvalue weighted by Gasteiger charge is 2.31. The normalized spacial score (nSPS) is 15.2. The summed E-state index contributed by atoms with van der Waals surface area (Å²) in [6.07, 6.45) is 1.40. The van der Waals surface area contributed by atoms with Crippen LogP contribution >= 0.6 is 0 Å². The van der Waals surface area contributed by atoms with Crippen LogP contribution < -0.4 is 25.4 Å². The highest BCUT2D eigenvalue weighted by Crippen LogP contribution is 2.32. The number of amides is 2. The predicted octanol–water partition coefficient (Wildman–Crippen LogP) is 3.43. The van der Waals surface area contributed by atoms with E-state index in [4.69, 9.17) is 19.9 Å². The van der Waals surface area contributed by atoms with Crippen molar-refractivity contribution in [1.29, 1.82) is 0 Å². The minimum atomic E-state index is -0.994. The topological polar surface area (TPSA) is 133 Å². The first-order valence-electron chi connectivity index (χ1n) is 13.1. The summed E-state index contributed by atoms with van der Waals surface area (Å²) in [4.78, 5) is 43.5. The Morgan fingerprint density at radius 2 is 1.93 bits per heavy atom. The minimum Gasteiger partial charge on any atom is -0.489 e. The fraction of sp³-hybridized carbons (Fsp3) is 0.290. The zero-order valence-electron chi connectivity index (χ0n) is 23.6. The SMILES string of the molecule is C[C@H](N)C(=O)OCC(C)(C)C#Cc1ccc2c(c1)N(C)C(=O)[C@@H](NC(=O)c1cc(Oc3ccc(F)cc3)ccn1)CO2. The number of hydrogen-bond acceptors (Lipinski definition) is 8. The number of esters is 1. The summed E-state index contributed by atoms with van der Waals surface area (Å²) in [7, 11) is 1.58. The number of halogens is 1. The van der Waals surface area contributed by atoms with Crippen LogP contribution in [-0.4, -0.2) is 55.1 Å². The van der Waals surface area contributed by atoms with E-state index in [1.54, 1.807) is 38.2 Å². The number of carbonyl (C=O) groups excluding carboxylic acids is 3. The summed E-state index contributed by atoms with van der Waals surface area (Å²) < 4.78 is 29.9. The first-order valence-corrected chi connectivity index (χ1v) is 13.1. The molecule has 2 aromatic carbocycles. The molecule has 42 heavy (non-hydrogen) atoms. The van der Waals surface area contributed by atoms with Crippen LogP contribution in [0.1, 0.15) is 36.8 Å². The Labute approximate surface area is 243 Å². The summed E-state index contributed by atoms with van der Waals surface area (Å²) >= 11 is 0. The third-order valence-corrected chi connectivity index (χ3v) is 6.17. The molecule has 3 N–H and O–H groups in total. The van der Waals surface area contributed by atoms with Gasteiger partial charge >= 0.3 is 5.97 Å². The zero-order valence-corrected chi connectivity index (χ0v) is 23.6. The van der Waals surface area contributed by atoms with Crippen molar-refractivity contribution in [2.24, 2.45) is 11.1 Å². The number of fused-ring (bicyclic) bond motifs is 1. The lowest BCUT2D eigenvalue weighted by Gasteiger charge is -2.20. The quantitative estimate of drug-likeness (QED) is 0.324. The lowest BCUT2D eigenvalue weighted by Crippen LogP contribution is -2.49. The van der Waals surface area contributed by atoms with Crippen LogP contribution in [0.15, 0.2) is 60.8 Å². The van der Waals surface area contributed by atoms with Gasteiger partial charge in [0, 0.05) is 24.9 Å². The van der Waals surface area contributed by atoms with Crippen molar-refractivity contribution >= 4 is 23.5 Å². The van der Waals surface area contributed by atoms with Gasteiger partial charge in [-0.3, -0.25) is 19.4 Å². The maximum absolute atomic E-state index is 13.3. The average Bonchev–Trinajstić information content (AvgIpc) is 3.08. The Hall–Kier alpha value is -4.95. The second-order valence-electron chi connectivity index (χ2n) is 10.4. The number of pyridine rings is 1. The third-order valence-electron chi connectivity index (χ3n) is 6.17. The third kappa shape index (κ3) is 7.62. The summed E-state index contributed by atoms with van der Waals surface area (Å²) in [5, 5.41) is 2.68. The van der Waals surface area contributed by atoms with Crippen LogP contribution in [0.4, 0.5) is 10.1 Å². The molecule has 0 spiro atoms. The van der Waals surface area contributed by atoms with Crippen molar-refractivity contribution in [3.8, 4) is 29.1 Å². The fourth-order valence-corrected chi connectivity index (χ4v) is 3.81. The number of nitrogens with zero attached hydrogens (tertiary/aromatic N) is 2. The highest BCUT2D eigenvalue weighted by molar-refractivity contribution is 6.03. The summed E-state index contributed by atoms with van der Waals surface area (Å²) in [6.45, 7) is 5.20. The molecule has 1 aliphatic heterocycles. The Morgan fingerprint density at radius 1 is 1.19 bits per heavy atom. The number of benzene rings is 2. The molecule has 2 amide bonds. The number of anilines is 1. The van der Waals surface area contributed by atoms with Crippen LogP contribution in [0.2, 0.25) is 0 Å². The van der Waals surface area contributed by atoms with Gasteiger partial charge in [-0.05, 0) is 69.3 Å². The Morgan fingerprint density at radius 3 is 2.64 bits per heavy atom. The number of rotatable bonds is 7. The molecule has 11 heteroatoms. The summed E-state index contributed by atoms with van der Waals surface area (Å²) in [6, 6.07) is 11.9. The van der Waals surface area contributed by atoms with Gasteiger partial charge in [0.1, 0.15) is 54.1 Å². The molecule has 0 bridgehead atoms. The first kappa shape index (κ1) is 30.0. The molecule has 4 rings (SSSR count). The Kier molecular flexibility index (Phi) is 9.08. The molecule has 1 aromatic heterocycles. The predicted molar refractivity (Wildman–Crippen MR) is 153 cm³/mol. The summed E-state index contributed by atoms with van der Waals surface area (Å²) in [5.41, 5.74) is 6.03. The van der Waals surface area contributed by atoms with Crippen molar-refractivity contribution in [3.05, 3.63) is 77.9 Å². The van der Waals surface area contributed by atoms with E-state index < -0.39 is 41.1 Å². The van der Waals surface area contributed by atoms with Crippen LogP contribution in [0, 0.1) is 23.1 Å². The maximum atomic E-state index is 13.3. The molecule has 0 fully saturated rings. The van der Waals surface area contributed by atoms with Gasteiger partial charge in [0.05, 0.1) is 11.1 Å². The smallest absolute Gasteiger partial charge is 0.322 e. The molecule has 0 unspecified atom stereocenters. The van der Waals surface area contributed by atoms with Crippen LogP contribution in [0.3, 0.4) is 0 Å². The zero-order chi connectivity index (χ0) is 30.4. The molecular formula is C31H31FN4O6. The highest BCUT2D eigenvalue weighted by atomic mass is 19.1. The van der Waals surface area contributed by atoms with Crippen LogP contribution in [0.25, 0.3) is 0 Å². The van der Waals surface area contributed by atoms with E-state index in [0.717, 1.165) is 0 Å². The van der Waals surface area contributed by atoms with Gasteiger partial charge in [-0.2, -0.15) is 0 Å². The fourth-order valence-electron chi connectivity index (χ4n) is 3.81. The largest absolute Gasteiger partial charge is 0.489 e. The average molecular weight is 575 g/mol. The molecule has 0 saturated carbocycles. The number of nitrogens with two attached hydrogens (primary N) is 1. The summed E-state index contributed by atoms with van der Waals surface area (Å²) in [5.74, 6) is 5.41. The van der Waals surface area contributed by atoms with Crippen molar-refractivity contribution in [2.75, 3.05) is 25.2 Å². The van der Waals surface area contributed by atoms with E-state index >= 15 is 0 Å². The number of aromatic nitrogens is 1. The lowest BCUT2D eigenvalue weighted by atomic mass is 9.95. The van der Waals surface area contributed by atoms with E-state index in [0.29, 0.717) is 28.5 Å². The molecule has 3 aromatic rings. The Bertz CT molecular complexity index is 1540. The van der Waals surface area contributed by atoms with Crippen molar-refractivity contribution in [2.45, 2.75) is 32.9 Å². The van der Waals surface area contributed by atoms with E-state index in [-0.39, 0.29) is 18.9 Å². The van der Waals surface area contributed by atoms with Gasteiger partial charge in [0.15, 0.2) is 0 Å². The van der Waals surface area contributed by atoms with Gasteiger partial charge in [-0.1, -0.05) is 11.8 Å². The number of nitrogens with one attached hydrogen (secondary N) is 1. The number of carbonyl (C=O) groups is 3. The Balaban J connectivity index is 1.43. The minimum absolute atomic E-state index is 0.0265. The van der Waals surface area contributed by atoms with Gasteiger partial charge in [0.25, 0.3) is 11.8 Å². The van der Waals surface area contributed by atoms with Crippen LogP contribution in [-0.2, 0) is 14.3 Å². The molecule has 0 saturated heterocycles. The molecule has 2 heterocycles. The molecule has 0 radical (unpaired) electrons. The monoisotopic (exact) mass is 574 g/mol. The van der Waals surface area contributed by atoms with Crippen molar-refractivity contribution in [3.63, 3.8) is 0 Å². The van der Waals surface area contributed by atoms with Gasteiger partial charge in [0.2, 0.25) is 0 Å². The van der Waals surface area contributed by atoms with Crippen LogP contribution in [0.5, 0.6) is 17.2 Å². The molecule has 2 atom stereocenters. The first-order chi connectivity index (χ1) is 19.9. The van der Waals surface area contributed by atoms with Gasteiger partial charge in [-0.25, -0.2) is 4.39 Å². The van der Waals surface area contributed by atoms with E-state index in [1.807, 2.05) is 13.8 Å². The number of likely N-dealkylation sites (N-methyl/N-ethyl adjacent to an activating group) is 1. The maximum Gasteiger partial charge on any atom is 0.322 e.